The molecule has 1 aromatic carbocycles. The molecule has 0 unspecified atom stereocenters. The first-order valence-corrected chi connectivity index (χ1v) is 6.82. The van der Waals surface area contributed by atoms with Crippen molar-refractivity contribution < 1.29 is 23.8 Å². The van der Waals surface area contributed by atoms with Gasteiger partial charge in [-0.3, -0.25) is 9.59 Å². The van der Waals surface area contributed by atoms with Crippen molar-refractivity contribution in [2.75, 3.05) is 34.9 Å². The summed E-state index contributed by atoms with van der Waals surface area (Å²) in [7, 11) is 6.36. The molecular weight excluding hydrogens is 288 g/mol. The number of nitrogens with one attached hydrogen (secondary N) is 1. The van der Waals surface area contributed by atoms with Gasteiger partial charge in [0, 0.05) is 14.1 Å². The van der Waals surface area contributed by atoms with E-state index in [-0.39, 0.29) is 18.4 Å². The lowest BCUT2D eigenvalue weighted by Gasteiger charge is -2.33. The molecule has 1 N–H and O–H groups in total. The first-order valence-electron chi connectivity index (χ1n) is 6.82. The fourth-order valence-electron chi connectivity index (χ4n) is 2.33. The molecule has 7 heteroatoms. The van der Waals surface area contributed by atoms with E-state index in [1.807, 2.05) is 0 Å². The van der Waals surface area contributed by atoms with Gasteiger partial charge in [-0.05, 0) is 17.7 Å². The number of hydrogen-bond acceptors (Lipinski definition) is 5. The van der Waals surface area contributed by atoms with Crippen molar-refractivity contribution in [2.24, 2.45) is 0 Å². The molecule has 1 heterocycles. The van der Waals surface area contributed by atoms with Gasteiger partial charge in [-0.25, -0.2) is 0 Å². The molecule has 2 atom stereocenters. The maximum absolute atomic E-state index is 12.3. The SMILES string of the molecule is COc1ccc([C@H]2NC(=O)CO[C@@H]2C(=O)N(C)C)cc1OC. The highest BCUT2D eigenvalue weighted by molar-refractivity contribution is 5.86. The van der Waals surface area contributed by atoms with Crippen molar-refractivity contribution in [3.63, 3.8) is 0 Å². The minimum absolute atomic E-state index is 0.131. The van der Waals surface area contributed by atoms with Gasteiger partial charge < -0.3 is 24.4 Å². The van der Waals surface area contributed by atoms with Crippen LogP contribution < -0.4 is 14.8 Å². The van der Waals surface area contributed by atoms with Crippen LogP contribution in [0.3, 0.4) is 0 Å². The summed E-state index contributed by atoms with van der Waals surface area (Å²) in [6.07, 6.45) is -0.772. The van der Waals surface area contributed by atoms with E-state index in [0.717, 1.165) is 0 Å². The summed E-state index contributed by atoms with van der Waals surface area (Å²) >= 11 is 0. The lowest BCUT2D eigenvalue weighted by atomic mass is 9.98. The standard InChI is InChI=1S/C15H20N2O5/c1-17(2)15(19)14-13(16-12(18)8-22-14)9-5-6-10(20-3)11(7-9)21-4/h5-7,13-14H,8H2,1-4H3,(H,16,18)/t13-,14+/m1/s1. The van der Waals surface area contributed by atoms with Crippen LogP contribution in [0.15, 0.2) is 18.2 Å². The Labute approximate surface area is 129 Å². The Morgan fingerprint density at radius 2 is 1.95 bits per heavy atom. The maximum Gasteiger partial charge on any atom is 0.253 e. The van der Waals surface area contributed by atoms with Crippen molar-refractivity contribution in [3.8, 4) is 11.5 Å². The van der Waals surface area contributed by atoms with Crippen molar-refractivity contribution >= 4 is 11.8 Å². The van der Waals surface area contributed by atoms with Crippen molar-refractivity contribution in [2.45, 2.75) is 12.1 Å². The van der Waals surface area contributed by atoms with Crippen LogP contribution in [0, 0.1) is 0 Å². The first-order chi connectivity index (χ1) is 10.5. The van der Waals surface area contributed by atoms with E-state index >= 15 is 0 Å². The average Bonchev–Trinajstić information content (AvgIpc) is 2.53. The van der Waals surface area contributed by atoms with Gasteiger partial charge in [0.05, 0.1) is 20.3 Å². The summed E-state index contributed by atoms with van der Waals surface area (Å²) in [5.74, 6) is 0.628. The summed E-state index contributed by atoms with van der Waals surface area (Å²) in [5.41, 5.74) is 0.714. The quantitative estimate of drug-likeness (QED) is 0.868. The van der Waals surface area contributed by atoms with Crippen LogP contribution in [0.1, 0.15) is 11.6 Å². The number of methoxy groups -OCH3 is 2. The number of carbonyl (C=O) groups excluding carboxylic acids is 2. The lowest BCUT2D eigenvalue weighted by molar-refractivity contribution is -0.153. The van der Waals surface area contributed by atoms with Gasteiger partial charge in [0.1, 0.15) is 6.61 Å². The number of carbonyl (C=O) groups is 2. The largest absolute Gasteiger partial charge is 0.493 e. The molecule has 2 amide bonds. The highest BCUT2D eigenvalue weighted by Crippen LogP contribution is 2.32. The van der Waals surface area contributed by atoms with Crippen LogP contribution in [0.4, 0.5) is 0 Å². The Balaban J connectivity index is 2.37. The minimum Gasteiger partial charge on any atom is -0.493 e. The zero-order valence-electron chi connectivity index (χ0n) is 13.1. The summed E-state index contributed by atoms with van der Waals surface area (Å²) in [6, 6.07) is 4.66. The summed E-state index contributed by atoms with van der Waals surface area (Å²) in [6.45, 7) is -0.131. The summed E-state index contributed by atoms with van der Waals surface area (Å²) < 4.78 is 15.9. The van der Waals surface area contributed by atoms with Gasteiger partial charge in [-0.1, -0.05) is 6.07 Å². The molecule has 1 fully saturated rings. The van der Waals surface area contributed by atoms with Crippen LogP contribution >= 0.6 is 0 Å². The van der Waals surface area contributed by atoms with Crippen LogP contribution in [-0.2, 0) is 14.3 Å². The fraction of sp³-hybridized carbons (Fsp3) is 0.467. The number of morpholine rings is 1. The highest BCUT2D eigenvalue weighted by Gasteiger charge is 2.37. The second kappa shape index (κ2) is 6.65. The molecule has 1 aliphatic heterocycles. The molecule has 120 valence electrons. The monoisotopic (exact) mass is 308 g/mol. The van der Waals surface area contributed by atoms with E-state index in [2.05, 4.69) is 5.32 Å². The number of hydrogen-bond donors (Lipinski definition) is 1. The van der Waals surface area contributed by atoms with Crippen LogP contribution in [0.25, 0.3) is 0 Å². The lowest BCUT2D eigenvalue weighted by Crippen LogP contribution is -2.52. The van der Waals surface area contributed by atoms with E-state index in [1.54, 1.807) is 39.4 Å². The smallest absolute Gasteiger partial charge is 0.253 e. The average molecular weight is 308 g/mol. The van der Waals surface area contributed by atoms with Gasteiger partial charge >= 0.3 is 0 Å². The molecule has 2 rings (SSSR count). The molecule has 1 aliphatic rings. The number of nitrogens with zero attached hydrogens (tertiary/aromatic N) is 1. The number of rotatable bonds is 4. The van der Waals surface area contributed by atoms with E-state index in [4.69, 9.17) is 14.2 Å². The molecule has 22 heavy (non-hydrogen) atoms. The Morgan fingerprint density at radius 3 is 2.55 bits per heavy atom. The second-order valence-electron chi connectivity index (χ2n) is 5.12. The molecule has 0 saturated carbocycles. The third-order valence-corrected chi connectivity index (χ3v) is 3.46. The fourth-order valence-corrected chi connectivity index (χ4v) is 2.33. The zero-order valence-corrected chi connectivity index (χ0v) is 13.1. The summed E-state index contributed by atoms with van der Waals surface area (Å²) in [5, 5.41) is 2.80. The Morgan fingerprint density at radius 1 is 1.27 bits per heavy atom. The molecule has 0 spiro atoms. The van der Waals surface area contributed by atoms with Gasteiger partial charge in [0.15, 0.2) is 17.6 Å². The Hall–Kier alpha value is -2.28. The second-order valence-corrected chi connectivity index (χ2v) is 5.12. The molecule has 1 aromatic rings. The molecule has 0 radical (unpaired) electrons. The predicted molar refractivity (Wildman–Crippen MR) is 78.9 cm³/mol. The Bertz CT molecular complexity index is 573. The Kier molecular flexibility index (Phi) is 4.87. The van der Waals surface area contributed by atoms with Gasteiger partial charge in [-0.15, -0.1) is 0 Å². The van der Waals surface area contributed by atoms with Crippen molar-refractivity contribution in [1.82, 2.24) is 10.2 Å². The molecule has 1 saturated heterocycles. The highest BCUT2D eigenvalue weighted by atomic mass is 16.5. The van der Waals surface area contributed by atoms with E-state index in [1.165, 1.54) is 12.0 Å². The van der Waals surface area contributed by atoms with Gasteiger partial charge in [0.2, 0.25) is 5.91 Å². The predicted octanol–water partition coefficient (Wildman–Crippen LogP) is 0.348. The number of ether oxygens (including phenoxy) is 3. The normalized spacial score (nSPS) is 21.0. The summed E-state index contributed by atoms with van der Waals surface area (Å²) in [4.78, 5) is 25.3. The topological polar surface area (TPSA) is 77.1 Å². The van der Waals surface area contributed by atoms with E-state index in [9.17, 15) is 9.59 Å². The molecular formula is C15H20N2O5. The van der Waals surface area contributed by atoms with Crippen LogP contribution in [0.2, 0.25) is 0 Å². The molecule has 7 nitrogen and oxygen atoms in total. The zero-order chi connectivity index (χ0) is 16.3. The van der Waals surface area contributed by atoms with Crippen LogP contribution in [-0.4, -0.2) is 57.7 Å². The molecule has 0 aromatic heterocycles. The maximum atomic E-state index is 12.3. The third-order valence-electron chi connectivity index (χ3n) is 3.46. The van der Waals surface area contributed by atoms with E-state index in [0.29, 0.717) is 17.1 Å². The number of likely N-dealkylation sites (N-methyl/N-ethyl adjacent to an activating group) is 1. The third kappa shape index (κ3) is 3.14. The molecule has 0 aliphatic carbocycles. The molecule has 0 bridgehead atoms. The van der Waals surface area contributed by atoms with E-state index < -0.39 is 12.1 Å². The minimum atomic E-state index is -0.772. The number of amides is 2. The number of benzene rings is 1. The van der Waals surface area contributed by atoms with Crippen molar-refractivity contribution in [3.05, 3.63) is 23.8 Å². The van der Waals surface area contributed by atoms with Gasteiger partial charge in [0.25, 0.3) is 5.91 Å². The van der Waals surface area contributed by atoms with Gasteiger partial charge in [-0.2, -0.15) is 0 Å². The van der Waals surface area contributed by atoms with Crippen molar-refractivity contribution in [1.29, 1.82) is 0 Å². The first kappa shape index (κ1) is 16.1. The van der Waals surface area contributed by atoms with Crippen LogP contribution in [0.5, 0.6) is 11.5 Å².